The highest BCUT2D eigenvalue weighted by Crippen LogP contribution is 2.48. The third-order valence-electron chi connectivity index (χ3n) is 3.22. The Kier molecular flexibility index (Phi) is 2.13. The van der Waals surface area contributed by atoms with Crippen LogP contribution < -0.4 is 5.73 Å². The van der Waals surface area contributed by atoms with E-state index in [9.17, 15) is 0 Å². The number of hydrogen-bond donors (Lipinski definition) is 1. The van der Waals surface area contributed by atoms with Crippen LogP contribution in [0.1, 0.15) is 19.8 Å². The van der Waals surface area contributed by atoms with Gasteiger partial charge in [0.25, 0.3) is 0 Å². The Morgan fingerprint density at radius 1 is 1.67 bits per heavy atom. The lowest BCUT2D eigenvalue weighted by Gasteiger charge is -2.37. The first kappa shape index (κ1) is 8.52. The highest BCUT2D eigenvalue weighted by molar-refractivity contribution is 8.17. The predicted molar refractivity (Wildman–Crippen MR) is 57.5 cm³/mol. The van der Waals surface area contributed by atoms with Crippen LogP contribution in [0.2, 0.25) is 0 Å². The van der Waals surface area contributed by atoms with E-state index in [4.69, 9.17) is 5.73 Å². The van der Waals surface area contributed by atoms with E-state index >= 15 is 0 Å². The Morgan fingerprint density at radius 2 is 2.42 bits per heavy atom. The molecule has 2 heteroatoms. The molecule has 2 aliphatic rings. The molecule has 4 atom stereocenters. The second kappa shape index (κ2) is 3.00. The maximum absolute atomic E-state index is 5.92. The summed E-state index contributed by atoms with van der Waals surface area (Å²) in [5.74, 6) is 1.64. The zero-order chi connectivity index (χ0) is 8.72. The molecule has 1 fully saturated rings. The van der Waals surface area contributed by atoms with Crippen LogP contribution in [0, 0.1) is 11.8 Å². The third-order valence-corrected chi connectivity index (χ3v) is 5.06. The second-order valence-corrected chi connectivity index (χ2v) is 5.98. The minimum Gasteiger partial charge on any atom is -0.327 e. The van der Waals surface area contributed by atoms with E-state index in [1.165, 1.54) is 12.8 Å². The van der Waals surface area contributed by atoms with Crippen molar-refractivity contribution in [3.63, 3.8) is 0 Å². The summed E-state index contributed by atoms with van der Waals surface area (Å²) >= 11 is 0. The number of fused-ring (bicyclic) bond motifs is 1. The Bertz CT molecular complexity index is 255. The van der Waals surface area contributed by atoms with Gasteiger partial charge in [-0.25, -0.2) is 0 Å². The smallest absolute Gasteiger partial charge is 0.0108 e. The molecular weight excluding hydrogens is 166 g/mol. The summed E-state index contributed by atoms with van der Waals surface area (Å²) in [6.07, 6.45) is 7.33. The van der Waals surface area contributed by atoms with E-state index in [-0.39, 0.29) is 0 Å². The summed E-state index contributed by atoms with van der Waals surface area (Å²) in [7, 11) is 0.412. The molecule has 2 N–H and O–H groups in total. The van der Waals surface area contributed by atoms with Gasteiger partial charge in [-0.05, 0) is 42.8 Å². The molecule has 0 aromatic heterocycles. The van der Waals surface area contributed by atoms with Crippen LogP contribution in [0.3, 0.4) is 0 Å². The van der Waals surface area contributed by atoms with Crippen LogP contribution in [-0.2, 0) is 0 Å². The van der Waals surface area contributed by atoms with Crippen molar-refractivity contribution in [1.82, 2.24) is 0 Å². The Labute approximate surface area is 77.0 Å². The Hall–Kier alpha value is -0.0800. The fourth-order valence-corrected chi connectivity index (χ4v) is 3.38. The van der Waals surface area contributed by atoms with Gasteiger partial charge in [-0.1, -0.05) is 11.4 Å². The normalized spacial score (nSPS) is 41.9. The van der Waals surface area contributed by atoms with E-state index in [0.29, 0.717) is 16.5 Å². The molecule has 1 saturated carbocycles. The molecule has 0 radical (unpaired) electrons. The second-order valence-electron chi connectivity index (χ2n) is 3.87. The molecule has 0 saturated heterocycles. The number of allylic oxidation sites excluding steroid dienone is 1. The molecule has 2 aliphatic carbocycles. The van der Waals surface area contributed by atoms with Crippen LogP contribution in [0.25, 0.3) is 0 Å². The molecule has 0 aliphatic heterocycles. The van der Waals surface area contributed by atoms with E-state index in [0.717, 1.165) is 11.8 Å². The van der Waals surface area contributed by atoms with Gasteiger partial charge in [0, 0.05) is 6.04 Å². The lowest BCUT2D eigenvalue weighted by atomic mass is 9.72. The van der Waals surface area contributed by atoms with Gasteiger partial charge in [0.1, 0.15) is 0 Å². The monoisotopic (exact) mass is 183 g/mol. The minimum absolute atomic E-state index is 0.412. The summed E-state index contributed by atoms with van der Waals surface area (Å²) in [5.41, 5.74) is 5.92. The van der Waals surface area contributed by atoms with Gasteiger partial charge in [-0.2, -0.15) is 10.5 Å². The molecule has 0 heterocycles. The van der Waals surface area contributed by atoms with Crippen LogP contribution in [0.5, 0.6) is 0 Å². The first-order valence-electron chi connectivity index (χ1n) is 4.63. The fourth-order valence-electron chi connectivity index (χ4n) is 2.23. The molecule has 0 amide bonds. The molecule has 0 aromatic rings. The van der Waals surface area contributed by atoms with Crippen molar-refractivity contribution in [2.45, 2.75) is 25.8 Å². The minimum atomic E-state index is 0.412. The topological polar surface area (TPSA) is 26.0 Å². The average Bonchev–Trinajstić information content (AvgIpc) is 2.41. The van der Waals surface area contributed by atoms with Crippen molar-refractivity contribution in [3.8, 4) is 0 Å². The van der Waals surface area contributed by atoms with Gasteiger partial charge in [-0.15, -0.1) is 0 Å². The first-order valence-corrected chi connectivity index (χ1v) is 6.32. The molecule has 1 nitrogen and oxygen atoms in total. The Balaban J connectivity index is 2.12. The summed E-state index contributed by atoms with van der Waals surface area (Å²) in [4.78, 5) is 1.65. The van der Waals surface area contributed by atoms with E-state index in [1.807, 2.05) is 0 Å². The first-order chi connectivity index (χ1) is 5.72. The zero-order valence-electron chi connectivity index (χ0n) is 7.79. The van der Waals surface area contributed by atoms with Crippen LogP contribution in [0.15, 0.2) is 11.0 Å². The maximum atomic E-state index is 5.92. The van der Waals surface area contributed by atoms with Gasteiger partial charge in [0.05, 0.1) is 0 Å². The quantitative estimate of drug-likeness (QED) is 0.618. The van der Waals surface area contributed by atoms with Crippen molar-refractivity contribution in [2.24, 2.45) is 17.6 Å². The summed E-state index contributed by atoms with van der Waals surface area (Å²) in [6, 6.07) is 0.473. The van der Waals surface area contributed by atoms with Crippen LogP contribution >= 0.6 is 10.5 Å². The summed E-state index contributed by atoms with van der Waals surface area (Å²) in [6.45, 7) is 2.16. The van der Waals surface area contributed by atoms with Crippen molar-refractivity contribution in [1.29, 1.82) is 0 Å². The molecule has 0 bridgehead atoms. The number of nitrogens with two attached hydrogens (primary N) is 1. The van der Waals surface area contributed by atoms with Crippen molar-refractivity contribution in [2.75, 3.05) is 6.26 Å². The molecule has 2 rings (SSSR count). The maximum Gasteiger partial charge on any atom is 0.0108 e. The van der Waals surface area contributed by atoms with E-state index in [1.54, 1.807) is 4.91 Å². The van der Waals surface area contributed by atoms with Crippen LogP contribution in [-0.4, -0.2) is 17.7 Å². The zero-order valence-corrected chi connectivity index (χ0v) is 8.60. The average molecular weight is 183 g/mol. The Morgan fingerprint density at radius 3 is 2.92 bits per heavy atom. The third kappa shape index (κ3) is 1.17. The van der Waals surface area contributed by atoms with Gasteiger partial charge in [-0.3, -0.25) is 0 Å². The van der Waals surface area contributed by atoms with Gasteiger partial charge in [0.15, 0.2) is 0 Å². The number of rotatable bonds is 1. The van der Waals surface area contributed by atoms with Gasteiger partial charge in [0.2, 0.25) is 0 Å². The number of hydrogen-bond acceptors (Lipinski definition) is 1. The van der Waals surface area contributed by atoms with E-state index < -0.39 is 0 Å². The summed E-state index contributed by atoms with van der Waals surface area (Å²) < 4.78 is 0. The predicted octanol–water partition coefficient (Wildman–Crippen LogP) is 1.96. The summed E-state index contributed by atoms with van der Waals surface area (Å²) in [5, 5.41) is 2.31. The molecule has 12 heavy (non-hydrogen) atoms. The largest absolute Gasteiger partial charge is 0.327 e. The van der Waals surface area contributed by atoms with Crippen molar-refractivity contribution < 1.29 is 0 Å². The van der Waals surface area contributed by atoms with Crippen molar-refractivity contribution in [3.05, 3.63) is 11.0 Å². The molecular formula is C10H17NS. The SMILES string of the molecule is C/C=S(/C)C1=CC2C(N)CC2C1. The molecule has 4 unspecified atom stereocenters. The lowest BCUT2D eigenvalue weighted by molar-refractivity contribution is 0.201. The molecule has 0 aromatic carbocycles. The highest BCUT2D eigenvalue weighted by atomic mass is 32.2. The molecule has 68 valence electrons. The van der Waals surface area contributed by atoms with Gasteiger partial charge < -0.3 is 5.73 Å². The molecule has 0 spiro atoms. The standard InChI is InChI=1S/C10H17NS/c1-3-12(2)8-4-7-5-10(11)9(7)6-8/h3,6-7,9-10H,4-5,11H2,1-2H3. The van der Waals surface area contributed by atoms with Crippen LogP contribution in [0.4, 0.5) is 0 Å². The van der Waals surface area contributed by atoms with E-state index in [2.05, 4.69) is 24.6 Å². The van der Waals surface area contributed by atoms with Crippen molar-refractivity contribution >= 4 is 15.9 Å². The fraction of sp³-hybridized carbons (Fsp3) is 0.700. The lowest BCUT2D eigenvalue weighted by Crippen LogP contribution is -2.44. The van der Waals surface area contributed by atoms with Gasteiger partial charge >= 0.3 is 0 Å². The highest BCUT2D eigenvalue weighted by Gasteiger charge is 2.41.